The molecular weight excluding hydrogens is 270 g/mol. The molecule has 1 unspecified atom stereocenters. The van der Waals surface area contributed by atoms with Crippen LogP contribution in [0.3, 0.4) is 0 Å². The lowest BCUT2D eigenvalue weighted by Crippen LogP contribution is -2.53. The molecule has 0 aromatic heterocycles. The Labute approximate surface area is 124 Å². The maximum Gasteiger partial charge on any atom is 0.271 e. The highest BCUT2D eigenvalue weighted by Crippen LogP contribution is 2.31. The Kier molecular flexibility index (Phi) is 4.27. The highest BCUT2D eigenvalue weighted by molar-refractivity contribution is 5.96. The summed E-state index contributed by atoms with van der Waals surface area (Å²) in [6.07, 6.45) is 2.03. The lowest BCUT2D eigenvalue weighted by atomic mass is 9.77. The summed E-state index contributed by atoms with van der Waals surface area (Å²) in [5, 5.41) is 16.9. The van der Waals surface area contributed by atoms with Crippen molar-refractivity contribution < 1.29 is 9.72 Å². The number of nitrogens with zero attached hydrogens (tertiary/aromatic N) is 1. The first-order chi connectivity index (χ1) is 9.81. The number of amides is 1. The molecule has 0 spiro atoms. The molecule has 1 amide bonds. The number of non-ortho nitro benzene ring substituents is 1. The van der Waals surface area contributed by atoms with Gasteiger partial charge in [-0.2, -0.15) is 0 Å². The summed E-state index contributed by atoms with van der Waals surface area (Å²) >= 11 is 0. The van der Waals surface area contributed by atoms with E-state index >= 15 is 0 Å². The minimum Gasteiger partial charge on any atom is -0.324 e. The van der Waals surface area contributed by atoms with Crippen LogP contribution in [-0.2, 0) is 4.79 Å². The average molecular weight is 291 g/mol. The number of hydrogen-bond donors (Lipinski definition) is 2. The van der Waals surface area contributed by atoms with Crippen molar-refractivity contribution in [2.24, 2.45) is 5.41 Å². The molecule has 0 radical (unpaired) electrons. The van der Waals surface area contributed by atoms with Crippen molar-refractivity contribution in [2.75, 3.05) is 11.9 Å². The van der Waals surface area contributed by atoms with Crippen LogP contribution in [0.25, 0.3) is 0 Å². The molecule has 1 atom stereocenters. The summed E-state index contributed by atoms with van der Waals surface area (Å²) < 4.78 is 0. The van der Waals surface area contributed by atoms with Crippen molar-refractivity contribution in [1.29, 1.82) is 0 Å². The Bertz CT molecular complexity index is 569. The van der Waals surface area contributed by atoms with Crippen LogP contribution in [0, 0.1) is 22.5 Å². The first kappa shape index (κ1) is 15.4. The summed E-state index contributed by atoms with van der Waals surface area (Å²) in [5.74, 6) is -0.136. The Morgan fingerprint density at radius 2 is 2.19 bits per heavy atom. The molecule has 0 saturated carbocycles. The molecule has 0 bridgehead atoms. The predicted octanol–water partition coefficient (Wildman–Crippen LogP) is 2.62. The lowest BCUT2D eigenvalue weighted by molar-refractivity contribution is -0.384. The number of carbonyl (C=O) groups is 1. The molecule has 1 aliphatic heterocycles. The normalized spacial score (nSPS) is 20.8. The fraction of sp³-hybridized carbons (Fsp3) is 0.533. The van der Waals surface area contributed by atoms with E-state index in [0.717, 1.165) is 24.9 Å². The van der Waals surface area contributed by atoms with Crippen LogP contribution in [0.5, 0.6) is 0 Å². The van der Waals surface area contributed by atoms with Crippen molar-refractivity contribution in [3.63, 3.8) is 0 Å². The maximum absolute atomic E-state index is 12.5. The van der Waals surface area contributed by atoms with E-state index in [1.165, 1.54) is 12.1 Å². The molecule has 2 N–H and O–H groups in total. The lowest BCUT2D eigenvalue weighted by Gasteiger charge is -2.38. The minimum absolute atomic E-state index is 0.0215. The molecular formula is C15H21N3O3. The van der Waals surface area contributed by atoms with Crippen molar-refractivity contribution >= 4 is 17.3 Å². The van der Waals surface area contributed by atoms with E-state index in [0.29, 0.717) is 5.69 Å². The van der Waals surface area contributed by atoms with E-state index in [1.807, 2.05) is 6.92 Å². The number of piperidine rings is 1. The van der Waals surface area contributed by atoms with Gasteiger partial charge in [0, 0.05) is 12.1 Å². The van der Waals surface area contributed by atoms with Gasteiger partial charge >= 0.3 is 0 Å². The third kappa shape index (κ3) is 3.39. The van der Waals surface area contributed by atoms with Crippen molar-refractivity contribution in [3.8, 4) is 0 Å². The van der Waals surface area contributed by atoms with Gasteiger partial charge in [-0.3, -0.25) is 14.9 Å². The number of nitrogens with one attached hydrogen (secondary N) is 2. The fourth-order valence-corrected chi connectivity index (χ4v) is 2.72. The summed E-state index contributed by atoms with van der Waals surface area (Å²) in [6, 6.07) is 4.20. The van der Waals surface area contributed by atoms with E-state index in [2.05, 4.69) is 24.5 Å². The van der Waals surface area contributed by atoms with E-state index in [4.69, 9.17) is 0 Å². The zero-order valence-electron chi connectivity index (χ0n) is 12.6. The monoisotopic (exact) mass is 291 g/mol. The van der Waals surface area contributed by atoms with Crippen LogP contribution in [0.2, 0.25) is 0 Å². The second-order valence-electron chi connectivity index (χ2n) is 6.22. The third-order valence-corrected chi connectivity index (χ3v) is 4.08. The quantitative estimate of drug-likeness (QED) is 0.662. The van der Waals surface area contributed by atoms with Crippen LogP contribution in [-0.4, -0.2) is 23.4 Å². The summed E-state index contributed by atoms with van der Waals surface area (Å²) in [6.45, 7) is 6.75. The maximum atomic E-state index is 12.5. The van der Waals surface area contributed by atoms with Gasteiger partial charge in [0.25, 0.3) is 5.69 Å². The van der Waals surface area contributed by atoms with Gasteiger partial charge in [0.05, 0.1) is 16.7 Å². The first-order valence-electron chi connectivity index (χ1n) is 7.10. The molecule has 1 saturated heterocycles. The molecule has 6 heteroatoms. The largest absolute Gasteiger partial charge is 0.324 e. The average Bonchev–Trinajstić information content (AvgIpc) is 2.40. The second-order valence-corrected chi connectivity index (χ2v) is 6.22. The molecule has 1 fully saturated rings. The number of benzene rings is 1. The van der Waals surface area contributed by atoms with Crippen molar-refractivity contribution in [2.45, 2.75) is 39.7 Å². The first-order valence-corrected chi connectivity index (χ1v) is 7.10. The van der Waals surface area contributed by atoms with E-state index in [1.54, 1.807) is 6.07 Å². The molecule has 1 aromatic carbocycles. The Morgan fingerprint density at radius 3 is 2.81 bits per heavy atom. The van der Waals surface area contributed by atoms with Gasteiger partial charge in [0.2, 0.25) is 5.91 Å². The van der Waals surface area contributed by atoms with Crippen LogP contribution in [0.4, 0.5) is 11.4 Å². The fourth-order valence-electron chi connectivity index (χ4n) is 2.72. The molecule has 114 valence electrons. The van der Waals surface area contributed by atoms with Gasteiger partial charge in [-0.15, -0.1) is 0 Å². The van der Waals surface area contributed by atoms with Gasteiger partial charge in [0.15, 0.2) is 0 Å². The van der Waals surface area contributed by atoms with Crippen molar-refractivity contribution in [3.05, 3.63) is 33.9 Å². The minimum atomic E-state index is -0.460. The molecule has 21 heavy (non-hydrogen) atoms. The van der Waals surface area contributed by atoms with Crippen LogP contribution in [0.15, 0.2) is 18.2 Å². The standard InChI is InChI=1S/C15H21N3O3/c1-10-5-6-11(18(20)21)9-12(10)17-14(19)13-15(2,3)7-4-8-16-13/h5-6,9,13,16H,4,7-8H2,1-3H3,(H,17,19). The van der Waals surface area contributed by atoms with Crippen LogP contribution in [0.1, 0.15) is 32.3 Å². The molecule has 2 rings (SSSR count). The smallest absolute Gasteiger partial charge is 0.271 e. The number of anilines is 1. The van der Waals surface area contributed by atoms with Gasteiger partial charge in [0.1, 0.15) is 0 Å². The Morgan fingerprint density at radius 1 is 1.48 bits per heavy atom. The predicted molar refractivity (Wildman–Crippen MR) is 81.3 cm³/mol. The topological polar surface area (TPSA) is 84.3 Å². The van der Waals surface area contributed by atoms with Gasteiger partial charge in [-0.1, -0.05) is 19.9 Å². The number of carbonyl (C=O) groups excluding carboxylic acids is 1. The van der Waals surface area contributed by atoms with Gasteiger partial charge in [-0.05, 0) is 37.3 Å². The Balaban J connectivity index is 2.19. The SMILES string of the molecule is Cc1ccc([N+](=O)[O-])cc1NC(=O)C1NCCCC1(C)C. The highest BCUT2D eigenvalue weighted by atomic mass is 16.6. The molecule has 1 heterocycles. The Hall–Kier alpha value is -1.95. The summed E-state index contributed by atoms with van der Waals surface area (Å²) in [4.78, 5) is 22.8. The van der Waals surface area contributed by atoms with Crippen LogP contribution < -0.4 is 10.6 Å². The number of aryl methyl sites for hydroxylation is 1. The molecule has 1 aromatic rings. The second kappa shape index (κ2) is 5.81. The van der Waals surface area contributed by atoms with Gasteiger partial charge < -0.3 is 10.6 Å². The molecule has 0 aliphatic carbocycles. The van der Waals surface area contributed by atoms with E-state index < -0.39 is 4.92 Å². The van der Waals surface area contributed by atoms with Crippen molar-refractivity contribution in [1.82, 2.24) is 5.32 Å². The molecule has 1 aliphatic rings. The van der Waals surface area contributed by atoms with Gasteiger partial charge in [-0.25, -0.2) is 0 Å². The van der Waals surface area contributed by atoms with E-state index in [9.17, 15) is 14.9 Å². The van der Waals surface area contributed by atoms with E-state index in [-0.39, 0.29) is 23.1 Å². The third-order valence-electron chi connectivity index (χ3n) is 4.08. The summed E-state index contributed by atoms with van der Waals surface area (Å²) in [7, 11) is 0. The number of hydrogen-bond acceptors (Lipinski definition) is 4. The summed E-state index contributed by atoms with van der Waals surface area (Å²) in [5.41, 5.74) is 1.16. The number of nitro benzene ring substituents is 1. The molecule has 6 nitrogen and oxygen atoms in total. The number of rotatable bonds is 3. The van der Waals surface area contributed by atoms with Crippen LogP contribution >= 0.6 is 0 Å². The zero-order chi connectivity index (χ0) is 15.6. The zero-order valence-corrected chi connectivity index (χ0v) is 12.6. The highest BCUT2D eigenvalue weighted by Gasteiger charge is 2.37. The number of nitro groups is 1.